The van der Waals surface area contributed by atoms with E-state index < -0.39 is 5.97 Å². The molecule has 0 spiro atoms. The maximum atomic E-state index is 12.3. The Kier molecular flexibility index (Phi) is 5.18. The molecule has 0 aliphatic heterocycles. The van der Waals surface area contributed by atoms with Crippen molar-refractivity contribution in [3.8, 4) is 22.0 Å². The number of ether oxygens (including phenoxy) is 1. The second kappa shape index (κ2) is 7.92. The van der Waals surface area contributed by atoms with Crippen LogP contribution < -0.4 is 0 Å². The molecular weight excluding hydrogens is 398 g/mol. The molecule has 0 N–H and O–H groups in total. The van der Waals surface area contributed by atoms with Gasteiger partial charge in [-0.15, -0.1) is 11.3 Å². The van der Waals surface area contributed by atoms with Crippen molar-refractivity contribution in [1.82, 2.24) is 15.1 Å². The summed E-state index contributed by atoms with van der Waals surface area (Å²) in [6.07, 6.45) is 0. The Bertz CT molecular complexity index is 1140. The SMILES string of the molecule is Cc1ccccc1-c1noc(COC(=O)c2csc(-c3cccc(Cl)c3)n2)n1. The Balaban J connectivity index is 1.42. The molecule has 0 amide bonds. The van der Waals surface area contributed by atoms with Gasteiger partial charge in [0, 0.05) is 21.5 Å². The fourth-order valence-electron chi connectivity index (χ4n) is 2.57. The number of aromatic nitrogens is 3. The van der Waals surface area contributed by atoms with Gasteiger partial charge in [0.25, 0.3) is 5.89 Å². The lowest BCUT2D eigenvalue weighted by atomic mass is 10.1. The van der Waals surface area contributed by atoms with E-state index in [4.69, 9.17) is 20.9 Å². The quantitative estimate of drug-likeness (QED) is 0.421. The van der Waals surface area contributed by atoms with Crippen molar-refractivity contribution >= 4 is 28.9 Å². The molecule has 0 aliphatic carbocycles. The second-order valence-corrected chi connectivity index (χ2v) is 7.25. The number of carbonyl (C=O) groups excluding carboxylic acids is 1. The highest BCUT2D eigenvalue weighted by atomic mass is 35.5. The number of carbonyl (C=O) groups is 1. The first-order valence-electron chi connectivity index (χ1n) is 8.37. The van der Waals surface area contributed by atoms with Crippen LogP contribution in [0.1, 0.15) is 21.9 Å². The first kappa shape index (κ1) is 18.3. The van der Waals surface area contributed by atoms with E-state index in [0.717, 1.165) is 16.7 Å². The van der Waals surface area contributed by atoms with Gasteiger partial charge in [-0.25, -0.2) is 9.78 Å². The second-order valence-electron chi connectivity index (χ2n) is 5.95. The third-order valence-corrected chi connectivity index (χ3v) is 5.09. The average molecular weight is 412 g/mol. The van der Waals surface area contributed by atoms with Gasteiger partial charge in [0.2, 0.25) is 5.82 Å². The molecule has 0 saturated carbocycles. The summed E-state index contributed by atoms with van der Waals surface area (Å²) in [5, 5.41) is 6.89. The largest absolute Gasteiger partial charge is 0.451 e. The van der Waals surface area contributed by atoms with E-state index in [1.165, 1.54) is 11.3 Å². The van der Waals surface area contributed by atoms with Crippen molar-refractivity contribution in [3.63, 3.8) is 0 Å². The molecule has 0 bridgehead atoms. The van der Waals surface area contributed by atoms with Crippen molar-refractivity contribution < 1.29 is 14.1 Å². The van der Waals surface area contributed by atoms with Gasteiger partial charge in [-0.05, 0) is 24.6 Å². The Morgan fingerprint density at radius 1 is 1.18 bits per heavy atom. The highest BCUT2D eigenvalue weighted by Gasteiger charge is 2.16. The lowest BCUT2D eigenvalue weighted by Gasteiger charge is -1.99. The first-order chi connectivity index (χ1) is 13.6. The number of hydrogen-bond donors (Lipinski definition) is 0. The molecule has 140 valence electrons. The molecule has 6 nitrogen and oxygen atoms in total. The minimum absolute atomic E-state index is 0.123. The summed E-state index contributed by atoms with van der Waals surface area (Å²) in [7, 11) is 0. The minimum atomic E-state index is -0.555. The Morgan fingerprint density at radius 2 is 2.04 bits per heavy atom. The summed E-state index contributed by atoms with van der Waals surface area (Å²) >= 11 is 7.34. The zero-order chi connectivity index (χ0) is 19.5. The molecule has 0 unspecified atom stereocenters. The first-order valence-corrected chi connectivity index (χ1v) is 9.63. The number of benzene rings is 2. The minimum Gasteiger partial charge on any atom is -0.451 e. The molecule has 8 heteroatoms. The lowest BCUT2D eigenvalue weighted by molar-refractivity contribution is 0.0424. The highest BCUT2D eigenvalue weighted by Crippen LogP contribution is 2.26. The molecule has 28 heavy (non-hydrogen) atoms. The molecule has 0 saturated heterocycles. The predicted octanol–water partition coefficient (Wildman–Crippen LogP) is 5.18. The predicted molar refractivity (Wildman–Crippen MR) is 106 cm³/mol. The van der Waals surface area contributed by atoms with Crippen molar-refractivity contribution in [2.24, 2.45) is 0 Å². The number of aryl methyl sites for hydroxylation is 1. The third kappa shape index (κ3) is 3.95. The molecule has 4 rings (SSSR count). The van der Waals surface area contributed by atoms with Crippen LogP contribution in [0.5, 0.6) is 0 Å². The van der Waals surface area contributed by atoms with Gasteiger partial charge in [0.15, 0.2) is 12.3 Å². The molecule has 0 aliphatic rings. The molecule has 0 radical (unpaired) electrons. The molecule has 2 aromatic carbocycles. The van der Waals surface area contributed by atoms with Crippen LogP contribution in [0.2, 0.25) is 5.02 Å². The van der Waals surface area contributed by atoms with Crippen molar-refractivity contribution in [2.75, 3.05) is 0 Å². The van der Waals surface area contributed by atoms with Gasteiger partial charge in [-0.1, -0.05) is 53.2 Å². The fraction of sp³-hybridized carbons (Fsp3) is 0.100. The monoisotopic (exact) mass is 411 g/mol. The number of thiazole rings is 1. The average Bonchev–Trinajstić information content (AvgIpc) is 3.36. The fourth-order valence-corrected chi connectivity index (χ4v) is 3.55. The topological polar surface area (TPSA) is 78.1 Å². The van der Waals surface area contributed by atoms with E-state index in [2.05, 4.69) is 15.1 Å². The standard InChI is InChI=1S/C20H14ClN3O3S/c1-12-5-2-3-8-15(12)18-23-17(27-24-18)10-26-20(25)16-11-28-19(22-16)13-6-4-7-14(21)9-13/h2-9,11H,10H2,1H3. The van der Waals surface area contributed by atoms with Crippen LogP contribution >= 0.6 is 22.9 Å². The van der Waals surface area contributed by atoms with E-state index in [9.17, 15) is 4.79 Å². The number of halogens is 1. The van der Waals surface area contributed by atoms with Crippen LogP contribution in [0.25, 0.3) is 22.0 Å². The van der Waals surface area contributed by atoms with Gasteiger partial charge >= 0.3 is 5.97 Å². The van der Waals surface area contributed by atoms with Crippen LogP contribution in [0.3, 0.4) is 0 Å². The van der Waals surface area contributed by atoms with E-state index in [0.29, 0.717) is 15.9 Å². The Hall–Kier alpha value is -3.03. The van der Waals surface area contributed by atoms with Gasteiger partial charge < -0.3 is 9.26 Å². The summed E-state index contributed by atoms with van der Waals surface area (Å²) in [6, 6.07) is 15.0. The van der Waals surface area contributed by atoms with Crippen LogP contribution in [0, 0.1) is 6.92 Å². The highest BCUT2D eigenvalue weighted by molar-refractivity contribution is 7.13. The molecular formula is C20H14ClN3O3S. The van der Waals surface area contributed by atoms with E-state index in [-0.39, 0.29) is 18.2 Å². The molecule has 2 aromatic heterocycles. The van der Waals surface area contributed by atoms with E-state index in [1.54, 1.807) is 17.5 Å². The van der Waals surface area contributed by atoms with Crippen molar-refractivity contribution in [1.29, 1.82) is 0 Å². The Morgan fingerprint density at radius 3 is 2.86 bits per heavy atom. The van der Waals surface area contributed by atoms with Crippen molar-refractivity contribution in [3.05, 3.63) is 76.1 Å². The summed E-state index contributed by atoms with van der Waals surface area (Å²) < 4.78 is 10.4. The van der Waals surface area contributed by atoms with Gasteiger partial charge in [0.05, 0.1) is 0 Å². The maximum absolute atomic E-state index is 12.3. The number of nitrogens with zero attached hydrogens (tertiary/aromatic N) is 3. The number of rotatable bonds is 5. The Labute approximate surface area is 169 Å². The van der Waals surface area contributed by atoms with E-state index >= 15 is 0 Å². The molecule has 0 fully saturated rings. The normalized spacial score (nSPS) is 10.8. The molecule has 0 atom stereocenters. The van der Waals surface area contributed by atoms with Crippen LogP contribution in [-0.2, 0) is 11.3 Å². The summed E-state index contributed by atoms with van der Waals surface area (Å²) in [4.78, 5) is 20.9. The zero-order valence-electron chi connectivity index (χ0n) is 14.8. The summed E-state index contributed by atoms with van der Waals surface area (Å²) in [5.41, 5.74) is 2.97. The summed E-state index contributed by atoms with van der Waals surface area (Å²) in [5.74, 6) is 0.123. The van der Waals surface area contributed by atoms with Gasteiger partial charge in [0.1, 0.15) is 5.01 Å². The molecule has 4 aromatic rings. The summed E-state index contributed by atoms with van der Waals surface area (Å²) in [6.45, 7) is 1.84. The maximum Gasteiger partial charge on any atom is 0.358 e. The zero-order valence-corrected chi connectivity index (χ0v) is 16.3. The van der Waals surface area contributed by atoms with E-state index in [1.807, 2.05) is 43.3 Å². The smallest absolute Gasteiger partial charge is 0.358 e. The van der Waals surface area contributed by atoms with Gasteiger partial charge in [-0.2, -0.15) is 4.98 Å². The van der Waals surface area contributed by atoms with Gasteiger partial charge in [-0.3, -0.25) is 0 Å². The number of esters is 1. The lowest BCUT2D eigenvalue weighted by Crippen LogP contribution is -2.05. The number of hydrogen-bond acceptors (Lipinski definition) is 7. The van der Waals surface area contributed by atoms with Crippen molar-refractivity contribution in [2.45, 2.75) is 13.5 Å². The van der Waals surface area contributed by atoms with Crippen LogP contribution in [0.4, 0.5) is 0 Å². The third-order valence-electron chi connectivity index (χ3n) is 3.97. The van der Waals surface area contributed by atoms with Crippen LogP contribution in [0.15, 0.2) is 58.4 Å². The van der Waals surface area contributed by atoms with Crippen LogP contribution in [-0.4, -0.2) is 21.1 Å². The molecule has 2 heterocycles.